The number of hydrogen-bond acceptors (Lipinski definition) is 0. The maximum atomic E-state index is 11.5. The van der Waals surface area contributed by atoms with E-state index in [-0.39, 0.29) is 16.5 Å². The third kappa shape index (κ3) is 70.7. The van der Waals surface area contributed by atoms with Gasteiger partial charge in [-0.2, -0.15) is 12.8 Å². The number of hydrogen-bond donors (Lipinski definition) is 0. The maximum absolute atomic E-state index is 11.5. The Morgan fingerprint density at radius 2 is 0.402 bits per heavy atom. The van der Waals surface area contributed by atoms with Crippen LogP contribution in [0.4, 0.5) is 0 Å². The number of aryl methyl sites for hydroxylation is 2. The zero-order valence-corrected chi connectivity index (χ0v) is 73.5. The molecule has 2 aromatic carbocycles. The SMILES string of the molecule is CCCCCCCCCCCCCCCC#CCCc1ccccc1C1=CC=C(c2ccccc2CCC#CCCCCCCCCCCCCCCC)[N+]1=[N-].[CH2-]CCCCCCCCCCCCCCCCCCCCCCCC.[CH2-]CCCCCCCCCCCCCCCCCCCCCCCC.[Ni+2]. The Morgan fingerprint density at radius 3 is 0.598 bits per heavy atom. The molecule has 618 valence electrons. The summed E-state index contributed by atoms with van der Waals surface area (Å²) < 4.78 is 1.39. The summed E-state index contributed by atoms with van der Waals surface area (Å²) >= 11 is 0. The third-order valence-electron chi connectivity index (χ3n) is 22.7. The van der Waals surface area contributed by atoms with Crippen LogP contribution in [0.2, 0.25) is 0 Å². The molecule has 0 saturated carbocycles. The van der Waals surface area contributed by atoms with Crippen molar-refractivity contribution in [2.45, 2.75) is 529 Å². The molecule has 0 fully saturated rings. The Labute approximate surface area is 682 Å². The molecule has 1 aliphatic rings. The summed E-state index contributed by atoms with van der Waals surface area (Å²) in [5, 5.41) is 0. The maximum Gasteiger partial charge on any atom is 2.00 e. The van der Waals surface area contributed by atoms with Crippen LogP contribution in [-0.4, -0.2) is 4.70 Å². The molecule has 1 aliphatic heterocycles. The van der Waals surface area contributed by atoms with Crippen molar-refractivity contribution in [3.63, 3.8) is 0 Å². The summed E-state index contributed by atoms with van der Waals surface area (Å²) in [7, 11) is 0. The van der Waals surface area contributed by atoms with Crippen LogP contribution in [0.15, 0.2) is 60.7 Å². The van der Waals surface area contributed by atoms with Crippen LogP contribution in [0, 0.1) is 37.5 Å². The topological polar surface area (TPSA) is 25.3 Å². The van der Waals surface area contributed by atoms with Gasteiger partial charge in [0.15, 0.2) is 0 Å². The molecule has 0 aliphatic carbocycles. The molecular formula is C104H182N2Ni. The number of nitrogens with zero attached hydrogens (tertiary/aromatic N) is 2. The summed E-state index contributed by atoms with van der Waals surface area (Å²) in [4.78, 5) is 0. The van der Waals surface area contributed by atoms with Gasteiger partial charge in [0.05, 0.1) is 0 Å². The van der Waals surface area contributed by atoms with Crippen molar-refractivity contribution in [2.75, 3.05) is 0 Å². The fourth-order valence-corrected chi connectivity index (χ4v) is 15.6. The molecule has 0 bridgehead atoms. The van der Waals surface area contributed by atoms with E-state index in [1.54, 1.807) is 0 Å². The molecule has 2 nitrogen and oxygen atoms in total. The van der Waals surface area contributed by atoms with Gasteiger partial charge in [0.1, 0.15) is 0 Å². The number of rotatable bonds is 76. The van der Waals surface area contributed by atoms with E-state index in [0.717, 1.165) is 73.9 Å². The van der Waals surface area contributed by atoms with Crippen molar-refractivity contribution in [3.05, 3.63) is 102 Å². The second-order valence-electron chi connectivity index (χ2n) is 33.0. The smallest absolute Gasteiger partial charge is 0.493 e. The van der Waals surface area contributed by atoms with E-state index in [4.69, 9.17) is 0 Å². The zero-order valence-electron chi connectivity index (χ0n) is 72.6. The fraction of sp³-hybridized carbons (Fsp3) is 0.788. The molecule has 0 amide bonds. The molecule has 2 aromatic rings. The molecule has 107 heavy (non-hydrogen) atoms. The predicted octanol–water partition coefficient (Wildman–Crippen LogP) is 36.6. The molecule has 0 unspecified atom stereocenters. The standard InChI is InChI=1S/C54H80N2.2C25H51.Ni/c1-3-5-7-9-11-13-15-17-19-21-23-25-27-29-31-33-35-41-49-43-37-39-45-51(49)53-47-48-54(56(53)55)52-46-40-38-44-50(52)42-36-34-32-30-28-26-24-22-20-18-16-14-12-10-8-6-4-2;2*1-3-5-7-9-11-13-15-17-19-21-23-25-24-22-20-18-16-14-12-10-8-6-4-2;/h37-40,43-48H,3-30,35-36,41-42H2,1-2H3;2*1,3-25H2,2H3;/q;2*-1;+2. The summed E-state index contributed by atoms with van der Waals surface area (Å²) in [6.07, 6.45) is 112. The first-order valence-corrected chi connectivity index (χ1v) is 48.2. The molecule has 3 heteroatoms. The predicted molar refractivity (Wildman–Crippen MR) is 480 cm³/mol. The second-order valence-corrected chi connectivity index (χ2v) is 33.0. The Kier molecular flexibility index (Phi) is 86.3. The average molecular weight is 1520 g/mol. The fourth-order valence-electron chi connectivity index (χ4n) is 15.6. The molecule has 0 saturated heterocycles. The minimum Gasteiger partial charge on any atom is -0.493 e. The Bertz CT molecular complexity index is 2110. The molecule has 0 N–H and O–H groups in total. The molecule has 0 radical (unpaired) electrons. The van der Waals surface area contributed by atoms with E-state index in [0.29, 0.717) is 0 Å². The van der Waals surface area contributed by atoms with Crippen molar-refractivity contribution in [1.82, 2.24) is 0 Å². The summed E-state index contributed by atoms with van der Waals surface area (Å²) in [6.45, 7) is 17.0. The van der Waals surface area contributed by atoms with Crippen LogP contribution in [0.5, 0.6) is 0 Å². The molecule has 3 rings (SSSR count). The van der Waals surface area contributed by atoms with Gasteiger partial charge >= 0.3 is 16.5 Å². The van der Waals surface area contributed by atoms with Crippen LogP contribution >= 0.6 is 0 Å². The van der Waals surface area contributed by atoms with Gasteiger partial charge in [-0.1, -0.05) is 501 Å². The van der Waals surface area contributed by atoms with Gasteiger partial charge in [-0.3, -0.25) is 0 Å². The minimum atomic E-state index is 0. The summed E-state index contributed by atoms with van der Waals surface area (Å²) in [5.41, 5.74) is 17.8. The minimum absolute atomic E-state index is 0. The van der Waals surface area contributed by atoms with E-state index in [2.05, 4.69) is 126 Å². The van der Waals surface area contributed by atoms with Gasteiger partial charge in [-0.25, -0.2) is 4.70 Å². The monoisotopic (exact) mass is 1520 g/mol. The van der Waals surface area contributed by atoms with Crippen molar-refractivity contribution in [1.29, 1.82) is 0 Å². The van der Waals surface area contributed by atoms with Crippen molar-refractivity contribution >= 4 is 11.4 Å². The molecular weight excluding hydrogens is 1340 g/mol. The molecule has 0 aromatic heterocycles. The van der Waals surface area contributed by atoms with E-state index >= 15 is 0 Å². The van der Waals surface area contributed by atoms with E-state index < -0.39 is 0 Å². The van der Waals surface area contributed by atoms with Gasteiger partial charge in [0, 0.05) is 49.0 Å². The van der Waals surface area contributed by atoms with Crippen molar-refractivity contribution in [2.24, 2.45) is 0 Å². The molecule has 1 heterocycles. The van der Waals surface area contributed by atoms with Gasteiger partial charge in [0.2, 0.25) is 11.4 Å². The van der Waals surface area contributed by atoms with E-state index in [9.17, 15) is 5.53 Å². The Hall–Kier alpha value is -2.87. The Balaban J connectivity index is 0.00000183. The van der Waals surface area contributed by atoms with E-state index in [1.807, 2.05) is 0 Å². The first-order chi connectivity index (χ1) is 52.6. The number of allylic oxidation sites excluding steroid dienone is 2. The Morgan fingerprint density at radius 1 is 0.234 bits per heavy atom. The van der Waals surface area contributed by atoms with Gasteiger partial charge in [-0.05, 0) is 48.9 Å². The van der Waals surface area contributed by atoms with Crippen LogP contribution in [0.25, 0.3) is 16.9 Å². The van der Waals surface area contributed by atoms with Crippen LogP contribution in [0.3, 0.4) is 0 Å². The first kappa shape index (κ1) is 104. The summed E-state index contributed by atoms with van der Waals surface area (Å²) in [5.74, 6) is 13.7. The van der Waals surface area contributed by atoms with Crippen LogP contribution in [-0.2, 0) is 29.3 Å². The molecule has 0 spiro atoms. The zero-order chi connectivity index (χ0) is 76.1. The molecule has 0 atom stereocenters. The first-order valence-electron chi connectivity index (χ1n) is 48.2. The van der Waals surface area contributed by atoms with Gasteiger partial charge in [0.25, 0.3) is 0 Å². The third-order valence-corrected chi connectivity index (χ3v) is 22.7. The number of unbranched alkanes of at least 4 members (excludes halogenated alkanes) is 70. The van der Waals surface area contributed by atoms with Crippen LogP contribution in [0.1, 0.15) is 538 Å². The van der Waals surface area contributed by atoms with Crippen molar-refractivity contribution in [3.8, 4) is 23.7 Å². The van der Waals surface area contributed by atoms with E-state index in [1.165, 1.54) is 465 Å². The quantitative estimate of drug-likeness (QED) is 0.0207. The normalized spacial score (nSPS) is 11.7. The average Bonchev–Trinajstić information content (AvgIpc) is 1.67. The summed E-state index contributed by atoms with van der Waals surface area (Å²) in [6, 6.07) is 16.9. The van der Waals surface area contributed by atoms with Crippen molar-refractivity contribution < 1.29 is 21.2 Å². The van der Waals surface area contributed by atoms with Gasteiger partial charge in [-0.15, -0.1) is 23.7 Å². The number of benzene rings is 2. The van der Waals surface area contributed by atoms with Gasteiger partial charge < -0.3 is 19.4 Å². The second kappa shape index (κ2) is 88.7. The largest absolute Gasteiger partial charge is 2.00 e. The van der Waals surface area contributed by atoms with Crippen LogP contribution < -0.4 is 0 Å².